The summed E-state index contributed by atoms with van der Waals surface area (Å²) in [7, 11) is 0. The highest BCUT2D eigenvalue weighted by Gasteiger charge is 2.29. The normalized spacial score (nSPS) is 21.4. The molecule has 1 unspecified atom stereocenters. The van der Waals surface area contributed by atoms with Crippen molar-refractivity contribution in [3.8, 4) is 0 Å². The minimum absolute atomic E-state index is 0. The van der Waals surface area contributed by atoms with Gasteiger partial charge in [-0.1, -0.05) is 6.92 Å². The lowest BCUT2D eigenvalue weighted by atomic mass is 9.99. The van der Waals surface area contributed by atoms with E-state index in [2.05, 4.69) is 0 Å². The van der Waals surface area contributed by atoms with Crippen LogP contribution in [0.3, 0.4) is 0 Å². The molecule has 1 aliphatic heterocycles. The van der Waals surface area contributed by atoms with Gasteiger partial charge in [0.05, 0.1) is 0 Å². The van der Waals surface area contributed by atoms with E-state index >= 15 is 0 Å². The standard InChI is InChI=1S/C11H19NO3.H3N/c1-8-7-12(6-5-9(8)13)10(14)15-11(2,3)4;/h8H,5-7H2,1-4H3;1H3. The number of hydrogen-bond donors (Lipinski definition) is 1. The molecule has 1 rings (SSSR count). The maximum absolute atomic E-state index is 11.7. The van der Waals surface area contributed by atoms with Crippen LogP contribution in [0, 0.1) is 5.92 Å². The molecule has 0 bridgehead atoms. The largest absolute Gasteiger partial charge is 0.444 e. The zero-order chi connectivity index (χ0) is 11.6. The Labute approximate surface area is 96.7 Å². The molecule has 0 spiro atoms. The van der Waals surface area contributed by atoms with Crippen LogP contribution in [0.15, 0.2) is 0 Å². The second-order valence-electron chi connectivity index (χ2n) is 5.04. The summed E-state index contributed by atoms with van der Waals surface area (Å²) in [6.45, 7) is 8.32. The third kappa shape index (κ3) is 4.18. The number of carbonyl (C=O) groups is 2. The molecule has 1 aliphatic rings. The first-order valence-corrected chi connectivity index (χ1v) is 5.30. The molecule has 1 fully saturated rings. The van der Waals surface area contributed by atoms with Crippen LogP contribution in [0.1, 0.15) is 34.1 Å². The zero-order valence-electron chi connectivity index (χ0n) is 10.6. The van der Waals surface area contributed by atoms with Crippen molar-refractivity contribution in [3.63, 3.8) is 0 Å². The predicted molar refractivity (Wildman–Crippen MR) is 61.6 cm³/mol. The number of piperidine rings is 1. The van der Waals surface area contributed by atoms with Crippen molar-refractivity contribution >= 4 is 11.9 Å². The summed E-state index contributed by atoms with van der Waals surface area (Å²) in [4.78, 5) is 24.5. The maximum atomic E-state index is 11.7. The van der Waals surface area contributed by atoms with E-state index in [9.17, 15) is 9.59 Å². The van der Waals surface area contributed by atoms with Crippen LogP contribution in [0.5, 0.6) is 0 Å². The molecule has 1 atom stereocenters. The second-order valence-corrected chi connectivity index (χ2v) is 5.04. The minimum atomic E-state index is -0.470. The SMILES string of the molecule is CC1CN(C(=O)OC(C)(C)C)CCC1=O.N. The Morgan fingerprint density at radius 2 is 2.00 bits per heavy atom. The molecule has 1 heterocycles. The summed E-state index contributed by atoms with van der Waals surface area (Å²) < 4.78 is 5.24. The van der Waals surface area contributed by atoms with Crippen LogP contribution in [0.4, 0.5) is 4.79 Å². The fourth-order valence-electron chi connectivity index (χ4n) is 1.51. The lowest BCUT2D eigenvalue weighted by Gasteiger charge is -2.32. The molecule has 0 aromatic carbocycles. The molecule has 0 aromatic heterocycles. The molecule has 5 heteroatoms. The summed E-state index contributed by atoms with van der Waals surface area (Å²) in [6.07, 6.45) is 0.127. The van der Waals surface area contributed by atoms with Gasteiger partial charge in [-0.2, -0.15) is 0 Å². The van der Waals surface area contributed by atoms with Gasteiger partial charge in [-0.3, -0.25) is 4.79 Å². The molecule has 1 saturated heterocycles. The number of amides is 1. The smallest absolute Gasteiger partial charge is 0.410 e. The van der Waals surface area contributed by atoms with Gasteiger partial charge in [0.25, 0.3) is 0 Å². The van der Waals surface area contributed by atoms with Crippen molar-refractivity contribution in [2.45, 2.75) is 39.7 Å². The van der Waals surface area contributed by atoms with Crippen LogP contribution in [0.25, 0.3) is 0 Å². The van der Waals surface area contributed by atoms with Gasteiger partial charge < -0.3 is 15.8 Å². The zero-order valence-corrected chi connectivity index (χ0v) is 10.6. The number of nitrogens with zero attached hydrogens (tertiary/aromatic N) is 1. The van der Waals surface area contributed by atoms with Crippen LogP contribution in [-0.2, 0) is 9.53 Å². The van der Waals surface area contributed by atoms with Gasteiger partial charge in [-0.05, 0) is 20.8 Å². The van der Waals surface area contributed by atoms with Crippen LogP contribution in [0.2, 0.25) is 0 Å². The average molecular weight is 230 g/mol. The third-order valence-electron chi connectivity index (χ3n) is 2.32. The van der Waals surface area contributed by atoms with Crippen molar-refractivity contribution in [2.75, 3.05) is 13.1 Å². The Balaban J connectivity index is 0.00000225. The van der Waals surface area contributed by atoms with E-state index in [4.69, 9.17) is 4.74 Å². The van der Waals surface area contributed by atoms with Gasteiger partial charge in [0.1, 0.15) is 11.4 Å². The van der Waals surface area contributed by atoms with Crippen molar-refractivity contribution in [3.05, 3.63) is 0 Å². The van der Waals surface area contributed by atoms with Crippen molar-refractivity contribution in [2.24, 2.45) is 5.92 Å². The lowest BCUT2D eigenvalue weighted by Crippen LogP contribution is -2.45. The molecule has 0 radical (unpaired) electrons. The van der Waals surface area contributed by atoms with Crippen LogP contribution < -0.4 is 6.15 Å². The third-order valence-corrected chi connectivity index (χ3v) is 2.32. The molecule has 94 valence electrons. The summed E-state index contributed by atoms with van der Waals surface area (Å²) >= 11 is 0. The molecule has 16 heavy (non-hydrogen) atoms. The van der Waals surface area contributed by atoms with Crippen molar-refractivity contribution in [1.29, 1.82) is 0 Å². The fraction of sp³-hybridized carbons (Fsp3) is 0.818. The Hall–Kier alpha value is -1.10. The van der Waals surface area contributed by atoms with Crippen LogP contribution in [-0.4, -0.2) is 35.5 Å². The van der Waals surface area contributed by atoms with E-state index in [1.54, 1.807) is 4.90 Å². The summed E-state index contributed by atoms with van der Waals surface area (Å²) in [5, 5.41) is 0. The van der Waals surface area contributed by atoms with E-state index < -0.39 is 5.60 Å². The number of rotatable bonds is 0. The monoisotopic (exact) mass is 230 g/mol. The highest BCUT2D eigenvalue weighted by Crippen LogP contribution is 2.16. The first-order chi connectivity index (χ1) is 6.79. The van der Waals surface area contributed by atoms with Gasteiger partial charge in [-0.25, -0.2) is 4.79 Å². The number of ether oxygens (including phenoxy) is 1. The lowest BCUT2D eigenvalue weighted by molar-refractivity contribution is -0.125. The molecule has 0 saturated carbocycles. The highest BCUT2D eigenvalue weighted by molar-refractivity contribution is 5.83. The van der Waals surface area contributed by atoms with E-state index in [0.29, 0.717) is 19.5 Å². The maximum Gasteiger partial charge on any atom is 0.410 e. The van der Waals surface area contributed by atoms with E-state index in [0.717, 1.165) is 0 Å². The summed E-state index contributed by atoms with van der Waals surface area (Å²) in [5.41, 5.74) is -0.470. The second kappa shape index (κ2) is 5.30. The summed E-state index contributed by atoms with van der Waals surface area (Å²) in [6, 6.07) is 0. The van der Waals surface area contributed by atoms with Gasteiger partial charge >= 0.3 is 6.09 Å². The molecular weight excluding hydrogens is 208 g/mol. The Bertz CT molecular complexity index is 271. The molecule has 3 N–H and O–H groups in total. The number of ketones is 1. The van der Waals surface area contributed by atoms with Gasteiger partial charge in [-0.15, -0.1) is 0 Å². The average Bonchev–Trinajstić information content (AvgIpc) is 2.06. The fourth-order valence-corrected chi connectivity index (χ4v) is 1.51. The molecule has 0 aromatic rings. The van der Waals surface area contributed by atoms with Gasteiger partial charge in [0, 0.05) is 25.4 Å². The van der Waals surface area contributed by atoms with E-state index in [1.165, 1.54) is 0 Å². The predicted octanol–water partition coefficient (Wildman–Crippen LogP) is 1.99. The number of hydrogen-bond acceptors (Lipinski definition) is 4. The van der Waals surface area contributed by atoms with E-state index in [-0.39, 0.29) is 23.9 Å². The van der Waals surface area contributed by atoms with Crippen molar-refractivity contribution < 1.29 is 14.3 Å². The Morgan fingerprint density at radius 3 is 2.44 bits per heavy atom. The number of Topliss-reactive ketones (excluding diaryl/α,β-unsaturated/α-hetero) is 1. The van der Waals surface area contributed by atoms with Crippen molar-refractivity contribution in [1.82, 2.24) is 11.1 Å². The molecule has 5 nitrogen and oxygen atoms in total. The number of likely N-dealkylation sites (tertiary alicyclic amines) is 1. The highest BCUT2D eigenvalue weighted by atomic mass is 16.6. The molecule has 1 amide bonds. The molecule has 0 aliphatic carbocycles. The quantitative estimate of drug-likeness (QED) is 0.690. The first kappa shape index (κ1) is 14.9. The summed E-state index contributed by atoms with van der Waals surface area (Å²) in [5.74, 6) is 0.168. The van der Waals surface area contributed by atoms with Crippen LogP contribution >= 0.6 is 0 Å². The topological polar surface area (TPSA) is 81.6 Å². The Kier molecular flexibility index (Phi) is 4.93. The number of carbonyl (C=O) groups excluding carboxylic acids is 2. The molecular formula is C11H22N2O3. The Morgan fingerprint density at radius 1 is 1.44 bits per heavy atom. The minimum Gasteiger partial charge on any atom is -0.444 e. The van der Waals surface area contributed by atoms with E-state index in [1.807, 2.05) is 27.7 Å². The van der Waals surface area contributed by atoms with Gasteiger partial charge in [0.2, 0.25) is 0 Å². The van der Waals surface area contributed by atoms with Gasteiger partial charge in [0.15, 0.2) is 0 Å². The first-order valence-electron chi connectivity index (χ1n) is 5.30.